The molecule has 0 aromatic rings. The number of unbranched alkanes of at least 4 members (excludes halogenated alkanes) is 24. The zero-order valence-electron chi connectivity index (χ0n) is 33.9. The zero-order valence-corrected chi connectivity index (χ0v) is 33.9. The van der Waals surface area contributed by atoms with Crippen LogP contribution in [0, 0.1) is 0 Å². The van der Waals surface area contributed by atoms with Gasteiger partial charge in [0.05, 0.1) is 0 Å². The van der Waals surface area contributed by atoms with Gasteiger partial charge in [-0.05, 0) is 64.2 Å². The molecule has 0 N–H and O–H groups in total. The van der Waals surface area contributed by atoms with Crippen LogP contribution in [0.4, 0.5) is 0 Å². The smallest absolute Gasteiger partial charge is 0.306 e. The van der Waals surface area contributed by atoms with Crippen molar-refractivity contribution in [2.24, 2.45) is 0 Å². The maximum Gasteiger partial charge on any atom is 0.306 e. The molecule has 0 aliphatic heterocycles. The summed E-state index contributed by atoms with van der Waals surface area (Å²) < 4.78 is 16.6. The fourth-order valence-electron chi connectivity index (χ4n) is 6.06. The maximum atomic E-state index is 12.7. The molecule has 298 valence electrons. The predicted molar refractivity (Wildman–Crippen MR) is 215 cm³/mol. The second kappa shape index (κ2) is 40.7. The molecule has 0 aliphatic rings. The van der Waals surface area contributed by atoms with Gasteiger partial charge in [-0.2, -0.15) is 0 Å². The second-order valence-corrected chi connectivity index (χ2v) is 14.6. The third-order valence-corrected chi connectivity index (χ3v) is 9.43. The number of ether oxygens (including phenoxy) is 3. The Labute approximate surface area is 315 Å². The Balaban J connectivity index is 4.37. The molecule has 0 spiro atoms. The lowest BCUT2D eigenvalue weighted by atomic mass is 10.1. The highest BCUT2D eigenvalue weighted by Gasteiger charge is 2.19. The van der Waals surface area contributed by atoms with Crippen molar-refractivity contribution in [2.45, 2.75) is 232 Å². The number of hydrogen-bond acceptors (Lipinski definition) is 6. The Morgan fingerprint density at radius 1 is 0.373 bits per heavy atom. The zero-order chi connectivity index (χ0) is 37.3. The van der Waals surface area contributed by atoms with E-state index in [1.807, 2.05) is 0 Å². The van der Waals surface area contributed by atoms with Gasteiger partial charge in [-0.25, -0.2) is 0 Å². The van der Waals surface area contributed by atoms with Crippen molar-refractivity contribution in [1.29, 1.82) is 0 Å². The summed E-state index contributed by atoms with van der Waals surface area (Å²) in [4.78, 5) is 37.6. The molecule has 0 fully saturated rings. The van der Waals surface area contributed by atoms with Crippen LogP contribution in [-0.2, 0) is 28.6 Å². The van der Waals surface area contributed by atoms with Crippen molar-refractivity contribution in [3.05, 3.63) is 24.3 Å². The summed E-state index contributed by atoms with van der Waals surface area (Å²) in [5.41, 5.74) is 0. The Kier molecular flexibility index (Phi) is 39.0. The molecule has 0 unspecified atom stereocenters. The molecule has 0 heterocycles. The minimum absolute atomic E-state index is 0.0752. The topological polar surface area (TPSA) is 78.9 Å². The van der Waals surface area contributed by atoms with E-state index in [-0.39, 0.29) is 31.1 Å². The lowest BCUT2D eigenvalue weighted by Crippen LogP contribution is -2.30. The van der Waals surface area contributed by atoms with E-state index in [1.54, 1.807) is 0 Å². The first-order chi connectivity index (χ1) is 25.0. The van der Waals surface area contributed by atoms with Crippen LogP contribution in [0.2, 0.25) is 0 Å². The van der Waals surface area contributed by atoms with Gasteiger partial charge in [-0.15, -0.1) is 0 Å². The quantitative estimate of drug-likeness (QED) is 0.0272. The first-order valence-electron chi connectivity index (χ1n) is 21.8. The number of rotatable bonds is 39. The van der Waals surface area contributed by atoms with E-state index in [9.17, 15) is 14.4 Å². The fraction of sp³-hybridized carbons (Fsp3) is 0.844. The molecule has 0 aromatic carbocycles. The highest BCUT2D eigenvalue weighted by molar-refractivity contribution is 5.71. The van der Waals surface area contributed by atoms with Gasteiger partial charge >= 0.3 is 17.9 Å². The van der Waals surface area contributed by atoms with E-state index >= 15 is 0 Å². The van der Waals surface area contributed by atoms with E-state index in [4.69, 9.17) is 14.2 Å². The summed E-state index contributed by atoms with van der Waals surface area (Å²) >= 11 is 0. The standard InChI is InChI=1S/C45H82O6/c1-4-7-10-13-16-19-21-22-24-26-29-32-35-38-44(47)50-41-42(40-49-43(46)37-34-31-28-25-18-15-12-9-6-3)51-45(48)39-36-33-30-27-23-20-17-14-11-8-5-2/h14,17,19,21,42H,4-13,15-16,18,20,22-41H2,1-3H3/b17-14-,21-19-/t42-/m1/s1. The molecule has 6 heteroatoms. The molecule has 0 amide bonds. The van der Waals surface area contributed by atoms with Gasteiger partial charge in [0, 0.05) is 19.3 Å². The maximum absolute atomic E-state index is 12.7. The van der Waals surface area contributed by atoms with Crippen molar-refractivity contribution in [1.82, 2.24) is 0 Å². The normalized spacial score (nSPS) is 12.1. The van der Waals surface area contributed by atoms with E-state index in [2.05, 4.69) is 45.1 Å². The van der Waals surface area contributed by atoms with E-state index < -0.39 is 6.10 Å². The molecule has 6 nitrogen and oxygen atoms in total. The average Bonchev–Trinajstić information content (AvgIpc) is 3.12. The van der Waals surface area contributed by atoms with Crippen LogP contribution in [0.15, 0.2) is 24.3 Å². The molecule has 0 rings (SSSR count). The number of hydrogen-bond donors (Lipinski definition) is 0. The highest BCUT2D eigenvalue weighted by atomic mass is 16.6. The first kappa shape index (κ1) is 48.9. The predicted octanol–water partition coefficient (Wildman–Crippen LogP) is 13.6. The average molecular weight is 719 g/mol. The van der Waals surface area contributed by atoms with Crippen LogP contribution in [0.1, 0.15) is 226 Å². The van der Waals surface area contributed by atoms with Crippen LogP contribution in [0.25, 0.3) is 0 Å². The highest BCUT2D eigenvalue weighted by Crippen LogP contribution is 2.14. The van der Waals surface area contributed by atoms with Gasteiger partial charge in [0.1, 0.15) is 13.2 Å². The summed E-state index contributed by atoms with van der Waals surface area (Å²) in [6, 6.07) is 0. The van der Waals surface area contributed by atoms with Crippen LogP contribution in [0.3, 0.4) is 0 Å². The molecule has 1 atom stereocenters. The number of carbonyl (C=O) groups excluding carboxylic acids is 3. The molecule has 0 radical (unpaired) electrons. The van der Waals surface area contributed by atoms with Crippen LogP contribution >= 0.6 is 0 Å². The number of esters is 3. The van der Waals surface area contributed by atoms with Crippen LogP contribution < -0.4 is 0 Å². The monoisotopic (exact) mass is 719 g/mol. The van der Waals surface area contributed by atoms with Crippen molar-refractivity contribution in [3.8, 4) is 0 Å². The SMILES string of the molecule is CCCC/C=C\CCCCCCCC(=O)O[C@@H](COC(=O)CCCCCCC/C=C\CCCCCC)COC(=O)CCCCCCCCCCC. The Hall–Kier alpha value is -2.11. The molecule has 0 bridgehead atoms. The molecular weight excluding hydrogens is 636 g/mol. The molecule has 0 aliphatic carbocycles. The molecule has 0 saturated heterocycles. The summed E-state index contributed by atoms with van der Waals surface area (Å²) in [7, 11) is 0. The van der Waals surface area contributed by atoms with E-state index in [0.29, 0.717) is 19.3 Å². The molecule has 0 aromatic heterocycles. The van der Waals surface area contributed by atoms with Gasteiger partial charge in [-0.3, -0.25) is 14.4 Å². The van der Waals surface area contributed by atoms with Gasteiger partial charge in [0.25, 0.3) is 0 Å². The largest absolute Gasteiger partial charge is 0.462 e. The lowest BCUT2D eigenvalue weighted by molar-refractivity contribution is -0.167. The number of allylic oxidation sites excluding steroid dienone is 4. The minimum atomic E-state index is -0.771. The van der Waals surface area contributed by atoms with Gasteiger partial charge in [-0.1, -0.05) is 167 Å². The third kappa shape index (κ3) is 38.9. The second-order valence-electron chi connectivity index (χ2n) is 14.6. The van der Waals surface area contributed by atoms with Crippen LogP contribution in [-0.4, -0.2) is 37.2 Å². The summed E-state index contributed by atoms with van der Waals surface area (Å²) in [6.07, 6.45) is 43.0. The van der Waals surface area contributed by atoms with Gasteiger partial charge in [0.2, 0.25) is 0 Å². The van der Waals surface area contributed by atoms with Crippen molar-refractivity contribution < 1.29 is 28.6 Å². The lowest BCUT2D eigenvalue weighted by Gasteiger charge is -2.18. The van der Waals surface area contributed by atoms with E-state index in [1.165, 1.54) is 109 Å². The van der Waals surface area contributed by atoms with Crippen molar-refractivity contribution >= 4 is 17.9 Å². The van der Waals surface area contributed by atoms with Crippen LogP contribution in [0.5, 0.6) is 0 Å². The first-order valence-corrected chi connectivity index (χ1v) is 21.8. The summed E-state index contributed by atoms with van der Waals surface area (Å²) in [6.45, 7) is 6.54. The van der Waals surface area contributed by atoms with Crippen molar-refractivity contribution in [2.75, 3.05) is 13.2 Å². The molecule has 0 saturated carbocycles. The number of carbonyl (C=O) groups is 3. The third-order valence-electron chi connectivity index (χ3n) is 9.43. The Morgan fingerprint density at radius 3 is 1.06 bits per heavy atom. The summed E-state index contributed by atoms with van der Waals surface area (Å²) in [5.74, 6) is -0.896. The fourth-order valence-corrected chi connectivity index (χ4v) is 6.06. The Bertz CT molecular complexity index is 835. The Morgan fingerprint density at radius 2 is 0.667 bits per heavy atom. The van der Waals surface area contributed by atoms with E-state index in [0.717, 1.165) is 77.0 Å². The molecule has 51 heavy (non-hydrogen) atoms. The minimum Gasteiger partial charge on any atom is -0.462 e. The molecular formula is C45H82O6. The van der Waals surface area contributed by atoms with Crippen molar-refractivity contribution in [3.63, 3.8) is 0 Å². The summed E-state index contributed by atoms with van der Waals surface area (Å²) in [5, 5.41) is 0. The van der Waals surface area contributed by atoms with Gasteiger partial charge < -0.3 is 14.2 Å². The van der Waals surface area contributed by atoms with Gasteiger partial charge in [0.15, 0.2) is 6.10 Å².